The average molecular weight is 298 g/mol. The Morgan fingerprint density at radius 1 is 1.30 bits per heavy atom. The lowest BCUT2D eigenvalue weighted by Crippen LogP contribution is -2.33. The molecule has 1 saturated heterocycles. The van der Waals surface area contributed by atoms with Gasteiger partial charge in [-0.15, -0.1) is 0 Å². The Kier molecular flexibility index (Phi) is 5.15. The molecule has 1 aromatic rings. The largest absolute Gasteiger partial charge is 0.392 e. The second-order valence-corrected chi connectivity index (χ2v) is 6.88. The highest BCUT2D eigenvalue weighted by Gasteiger charge is 2.18. The van der Waals surface area contributed by atoms with E-state index in [-0.39, 0.29) is 11.5 Å². The molecule has 2 N–H and O–H groups in total. The van der Waals surface area contributed by atoms with E-state index in [0.29, 0.717) is 17.7 Å². The van der Waals surface area contributed by atoms with Gasteiger partial charge in [-0.2, -0.15) is 0 Å². The molecular weight excluding hydrogens is 276 g/mol. The van der Waals surface area contributed by atoms with Crippen LogP contribution in [0.15, 0.2) is 23.1 Å². The molecule has 0 amide bonds. The minimum Gasteiger partial charge on any atom is -0.392 e. The molecule has 20 heavy (non-hydrogen) atoms. The van der Waals surface area contributed by atoms with Crippen molar-refractivity contribution in [1.29, 1.82) is 0 Å². The molecule has 0 unspecified atom stereocenters. The first-order valence-corrected chi connectivity index (χ1v) is 8.44. The highest BCUT2D eigenvalue weighted by atomic mass is 32.2. The van der Waals surface area contributed by atoms with Gasteiger partial charge in [-0.05, 0) is 50.0 Å². The van der Waals surface area contributed by atoms with Gasteiger partial charge in [0, 0.05) is 13.1 Å². The molecule has 0 atom stereocenters. The van der Waals surface area contributed by atoms with Crippen molar-refractivity contribution in [3.63, 3.8) is 0 Å². The lowest BCUT2D eigenvalue weighted by Gasteiger charge is -2.16. The third-order valence-corrected chi connectivity index (χ3v) is 5.38. The second-order valence-electron chi connectivity index (χ2n) is 5.14. The molecule has 1 fully saturated rings. The highest BCUT2D eigenvalue weighted by Crippen LogP contribution is 2.18. The molecule has 0 radical (unpaired) electrons. The van der Waals surface area contributed by atoms with Gasteiger partial charge < -0.3 is 10.0 Å². The first-order chi connectivity index (χ1) is 9.54. The number of rotatable bonds is 6. The normalized spacial score (nSPS) is 16.7. The summed E-state index contributed by atoms with van der Waals surface area (Å²) in [5, 5.41) is 9.21. The van der Waals surface area contributed by atoms with E-state index in [1.807, 2.05) is 0 Å². The third kappa shape index (κ3) is 3.58. The smallest absolute Gasteiger partial charge is 0.240 e. The van der Waals surface area contributed by atoms with Crippen LogP contribution in [0.25, 0.3) is 0 Å². The SMILES string of the molecule is Cc1c(CO)cccc1S(=O)(=O)NCCN1CCCC1. The maximum Gasteiger partial charge on any atom is 0.240 e. The van der Waals surface area contributed by atoms with Crippen molar-refractivity contribution in [3.8, 4) is 0 Å². The number of hydrogen-bond acceptors (Lipinski definition) is 4. The summed E-state index contributed by atoms with van der Waals surface area (Å²) in [5.74, 6) is 0. The molecular formula is C14H22N2O3S. The molecule has 1 aliphatic heterocycles. The molecule has 0 aliphatic carbocycles. The Bertz CT molecular complexity index is 552. The highest BCUT2D eigenvalue weighted by molar-refractivity contribution is 7.89. The summed E-state index contributed by atoms with van der Waals surface area (Å²) in [6, 6.07) is 4.97. The molecule has 1 heterocycles. The van der Waals surface area contributed by atoms with E-state index in [1.165, 1.54) is 12.8 Å². The van der Waals surface area contributed by atoms with Crippen molar-refractivity contribution in [3.05, 3.63) is 29.3 Å². The van der Waals surface area contributed by atoms with Crippen LogP contribution in [-0.4, -0.2) is 44.6 Å². The zero-order valence-corrected chi connectivity index (χ0v) is 12.6. The van der Waals surface area contributed by atoms with E-state index in [9.17, 15) is 13.5 Å². The number of aliphatic hydroxyl groups is 1. The average Bonchev–Trinajstić information content (AvgIpc) is 2.91. The quantitative estimate of drug-likeness (QED) is 0.817. The standard InChI is InChI=1S/C14H22N2O3S/c1-12-13(11-17)5-4-6-14(12)20(18,19)15-7-10-16-8-2-3-9-16/h4-6,15,17H,2-3,7-11H2,1H3. The van der Waals surface area contributed by atoms with Gasteiger partial charge in [0.25, 0.3) is 0 Å². The molecule has 0 spiro atoms. The lowest BCUT2D eigenvalue weighted by atomic mass is 10.1. The summed E-state index contributed by atoms with van der Waals surface area (Å²) >= 11 is 0. The minimum absolute atomic E-state index is 0.150. The molecule has 0 saturated carbocycles. The maximum absolute atomic E-state index is 12.3. The molecule has 5 nitrogen and oxygen atoms in total. The predicted octanol–water partition coefficient (Wildman–Crippen LogP) is 0.861. The second kappa shape index (κ2) is 6.67. The summed E-state index contributed by atoms with van der Waals surface area (Å²) < 4.78 is 27.2. The van der Waals surface area contributed by atoms with Crippen LogP contribution in [0, 0.1) is 6.92 Å². The van der Waals surface area contributed by atoms with E-state index >= 15 is 0 Å². The van der Waals surface area contributed by atoms with Gasteiger partial charge in [-0.1, -0.05) is 12.1 Å². The monoisotopic (exact) mass is 298 g/mol. The minimum atomic E-state index is -3.50. The zero-order valence-electron chi connectivity index (χ0n) is 11.8. The summed E-state index contributed by atoms with van der Waals surface area (Å²) in [6.07, 6.45) is 2.40. The van der Waals surface area contributed by atoms with Crippen LogP contribution in [0.5, 0.6) is 0 Å². The molecule has 0 aromatic heterocycles. The van der Waals surface area contributed by atoms with Crippen LogP contribution in [0.2, 0.25) is 0 Å². The first kappa shape index (κ1) is 15.4. The summed E-state index contributed by atoms with van der Waals surface area (Å²) in [6.45, 7) is 4.86. The van der Waals surface area contributed by atoms with Crippen molar-refractivity contribution >= 4 is 10.0 Å². The van der Waals surface area contributed by atoms with E-state index in [2.05, 4.69) is 9.62 Å². The fourth-order valence-electron chi connectivity index (χ4n) is 2.54. The lowest BCUT2D eigenvalue weighted by molar-refractivity contribution is 0.280. The Morgan fingerprint density at radius 2 is 2.00 bits per heavy atom. The predicted molar refractivity (Wildman–Crippen MR) is 78.0 cm³/mol. The van der Waals surface area contributed by atoms with E-state index in [4.69, 9.17) is 0 Å². The van der Waals surface area contributed by atoms with Gasteiger partial charge in [0.2, 0.25) is 10.0 Å². The molecule has 0 bridgehead atoms. The summed E-state index contributed by atoms with van der Waals surface area (Å²) in [5.41, 5.74) is 1.26. The summed E-state index contributed by atoms with van der Waals surface area (Å²) in [4.78, 5) is 2.52. The number of hydrogen-bond donors (Lipinski definition) is 2. The van der Waals surface area contributed by atoms with Crippen LogP contribution in [-0.2, 0) is 16.6 Å². The number of nitrogens with one attached hydrogen (secondary N) is 1. The van der Waals surface area contributed by atoms with Gasteiger partial charge in [-0.3, -0.25) is 0 Å². The van der Waals surface area contributed by atoms with Crippen molar-refractivity contribution in [2.45, 2.75) is 31.3 Å². The number of sulfonamides is 1. The van der Waals surface area contributed by atoms with Crippen molar-refractivity contribution in [1.82, 2.24) is 9.62 Å². The third-order valence-electron chi connectivity index (χ3n) is 3.77. The topological polar surface area (TPSA) is 69.6 Å². The number of aliphatic hydroxyl groups excluding tert-OH is 1. The van der Waals surface area contributed by atoms with Crippen LogP contribution >= 0.6 is 0 Å². The van der Waals surface area contributed by atoms with Gasteiger partial charge in [0.1, 0.15) is 0 Å². The van der Waals surface area contributed by atoms with Gasteiger partial charge in [0.05, 0.1) is 11.5 Å². The zero-order chi connectivity index (χ0) is 14.6. The molecule has 6 heteroatoms. The van der Waals surface area contributed by atoms with E-state index in [0.717, 1.165) is 19.6 Å². The number of nitrogens with zero attached hydrogens (tertiary/aromatic N) is 1. The number of benzene rings is 1. The molecule has 112 valence electrons. The molecule has 1 aromatic carbocycles. The number of likely N-dealkylation sites (tertiary alicyclic amines) is 1. The van der Waals surface area contributed by atoms with Gasteiger partial charge in [-0.25, -0.2) is 13.1 Å². The van der Waals surface area contributed by atoms with Crippen LogP contribution < -0.4 is 4.72 Å². The van der Waals surface area contributed by atoms with E-state index in [1.54, 1.807) is 25.1 Å². The Hall–Kier alpha value is -0.950. The fourth-order valence-corrected chi connectivity index (χ4v) is 3.85. The first-order valence-electron chi connectivity index (χ1n) is 6.96. The Balaban J connectivity index is 2.02. The van der Waals surface area contributed by atoms with Crippen LogP contribution in [0.1, 0.15) is 24.0 Å². The molecule has 2 rings (SSSR count). The van der Waals surface area contributed by atoms with Gasteiger partial charge in [0.15, 0.2) is 0 Å². The van der Waals surface area contributed by atoms with Crippen LogP contribution in [0.3, 0.4) is 0 Å². The van der Waals surface area contributed by atoms with Gasteiger partial charge >= 0.3 is 0 Å². The maximum atomic E-state index is 12.3. The van der Waals surface area contributed by atoms with Crippen molar-refractivity contribution < 1.29 is 13.5 Å². The Morgan fingerprint density at radius 3 is 2.65 bits per heavy atom. The van der Waals surface area contributed by atoms with Crippen molar-refractivity contribution in [2.75, 3.05) is 26.2 Å². The van der Waals surface area contributed by atoms with Crippen LogP contribution in [0.4, 0.5) is 0 Å². The fraction of sp³-hybridized carbons (Fsp3) is 0.571. The molecule has 1 aliphatic rings. The van der Waals surface area contributed by atoms with E-state index < -0.39 is 10.0 Å². The Labute approximate surface area is 120 Å². The van der Waals surface area contributed by atoms with Crippen molar-refractivity contribution in [2.24, 2.45) is 0 Å². The summed E-state index contributed by atoms with van der Waals surface area (Å²) in [7, 11) is -3.50.